The largest absolute Gasteiger partial charge is 0.480 e. The van der Waals surface area contributed by atoms with Gasteiger partial charge in [0.25, 0.3) is 0 Å². The van der Waals surface area contributed by atoms with E-state index in [-0.39, 0.29) is 6.42 Å². The number of aliphatic carboxylic acids is 1. The molecule has 2 rings (SSSR count). The average molecular weight is 256 g/mol. The van der Waals surface area contributed by atoms with Gasteiger partial charge in [-0.15, -0.1) is 0 Å². The molecule has 1 aliphatic heterocycles. The van der Waals surface area contributed by atoms with Gasteiger partial charge in [-0.3, -0.25) is 0 Å². The van der Waals surface area contributed by atoms with Crippen molar-refractivity contribution >= 4 is 21.9 Å². The van der Waals surface area contributed by atoms with Gasteiger partial charge in [0, 0.05) is 13.5 Å². The summed E-state index contributed by atoms with van der Waals surface area (Å²) in [6.45, 7) is 0. The zero-order valence-corrected chi connectivity index (χ0v) is 9.94. The lowest BCUT2D eigenvalue weighted by atomic mass is 10.1. The maximum atomic E-state index is 11.8. The standard InChI is InChI=1S/C10H12N2O4S/c1-11-17(15,16)12-8-5-3-2-4-7(8)6-9(12)10(13)14/h2-5,9,11H,6H2,1H3,(H,13,14). The number of anilines is 1. The fraction of sp³-hybridized carbons (Fsp3) is 0.300. The summed E-state index contributed by atoms with van der Waals surface area (Å²) in [7, 11) is -2.54. The van der Waals surface area contributed by atoms with Crippen LogP contribution in [0.2, 0.25) is 0 Å². The van der Waals surface area contributed by atoms with E-state index in [1.807, 2.05) is 0 Å². The van der Waals surface area contributed by atoms with E-state index < -0.39 is 22.2 Å². The van der Waals surface area contributed by atoms with Crippen LogP contribution in [0.15, 0.2) is 24.3 Å². The highest BCUT2D eigenvalue weighted by atomic mass is 32.2. The van der Waals surface area contributed by atoms with Crippen LogP contribution < -0.4 is 9.03 Å². The Balaban J connectivity index is 2.56. The number of rotatable bonds is 3. The number of carbonyl (C=O) groups is 1. The molecule has 0 saturated heterocycles. The number of carboxylic acid groups (broad SMARTS) is 1. The van der Waals surface area contributed by atoms with Gasteiger partial charge in [0.05, 0.1) is 5.69 Å². The van der Waals surface area contributed by atoms with Crippen LogP contribution in [-0.4, -0.2) is 32.6 Å². The van der Waals surface area contributed by atoms with Crippen LogP contribution in [0.5, 0.6) is 0 Å². The quantitative estimate of drug-likeness (QED) is 0.795. The number of carboxylic acids is 1. The third-order valence-corrected chi connectivity index (χ3v) is 4.21. The van der Waals surface area contributed by atoms with Crippen LogP contribution in [0.4, 0.5) is 5.69 Å². The number of nitrogens with one attached hydrogen (secondary N) is 1. The number of nitrogens with zero attached hydrogens (tertiary/aromatic N) is 1. The molecule has 0 bridgehead atoms. The minimum Gasteiger partial charge on any atom is -0.480 e. The number of fused-ring (bicyclic) bond motifs is 1. The van der Waals surface area contributed by atoms with Gasteiger partial charge in [-0.25, -0.2) is 13.8 Å². The Labute approximate surface area is 99.0 Å². The molecule has 1 aromatic rings. The summed E-state index contributed by atoms with van der Waals surface area (Å²) in [5.74, 6) is -1.15. The molecule has 0 aliphatic carbocycles. The molecule has 0 aromatic heterocycles. The van der Waals surface area contributed by atoms with Gasteiger partial charge in [-0.05, 0) is 11.6 Å². The lowest BCUT2D eigenvalue weighted by Gasteiger charge is -2.23. The van der Waals surface area contributed by atoms with E-state index in [1.165, 1.54) is 7.05 Å². The summed E-state index contributed by atoms with van der Waals surface area (Å²) in [6, 6.07) is 5.70. The van der Waals surface area contributed by atoms with Crippen LogP contribution in [0.1, 0.15) is 5.56 Å². The summed E-state index contributed by atoms with van der Waals surface area (Å²) < 4.78 is 26.7. The van der Waals surface area contributed by atoms with Gasteiger partial charge >= 0.3 is 16.2 Å². The SMILES string of the molecule is CNS(=O)(=O)N1c2ccccc2CC1C(=O)O. The lowest BCUT2D eigenvalue weighted by molar-refractivity contribution is -0.138. The monoisotopic (exact) mass is 256 g/mol. The van der Waals surface area contributed by atoms with E-state index in [0.29, 0.717) is 5.69 Å². The minimum absolute atomic E-state index is 0.187. The lowest BCUT2D eigenvalue weighted by Crippen LogP contribution is -2.47. The average Bonchev–Trinajstić information content (AvgIpc) is 2.69. The molecule has 1 atom stereocenters. The Morgan fingerprint density at radius 2 is 2.12 bits per heavy atom. The first-order chi connectivity index (χ1) is 7.97. The first kappa shape index (κ1) is 11.9. The van der Waals surface area contributed by atoms with E-state index in [2.05, 4.69) is 4.72 Å². The van der Waals surface area contributed by atoms with Crippen LogP contribution in [0.3, 0.4) is 0 Å². The molecule has 1 heterocycles. The molecular weight excluding hydrogens is 244 g/mol. The van der Waals surface area contributed by atoms with Crippen LogP contribution in [-0.2, 0) is 21.4 Å². The maximum Gasteiger partial charge on any atom is 0.327 e. The smallest absolute Gasteiger partial charge is 0.327 e. The summed E-state index contributed by atoms with van der Waals surface area (Å²) in [4.78, 5) is 11.1. The van der Waals surface area contributed by atoms with E-state index in [4.69, 9.17) is 5.11 Å². The molecule has 0 spiro atoms. The molecule has 92 valence electrons. The van der Waals surface area contributed by atoms with E-state index in [9.17, 15) is 13.2 Å². The van der Waals surface area contributed by atoms with E-state index >= 15 is 0 Å². The van der Waals surface area contributed by atoms with Gasteiger partial charge < -0.3 is 5.11 Å². The molecule has 0 fully saturated rings. The Morgan fingerprint density at radius 3 is 2.71 bits per heavy atom. The number of benzene rings is 1. The van der Waals surface area contributed by atoms with Crippen molar-refractivity contribution in [3.63, 3.8) is 0 Å². The number of para-hydroxylation sites is 1. The highest BCUT2D eigenvalue weighted by molar-refractivity contribution is 7.91. The molecule has 0 saturated carbocycles. The second-order valence-electron chi connectivity index (χ2n) is 3.69. The third-order valence-electron chi connectivity index (χ3n) is 2.73. The Morgan fingerprint density at radius 1 is 1.47 bits per heavy atom. The molecule has 1 aliphatic rings. The molecule has 0 radical (unpaired) electrons. The molecule has 7 heteroatoms. The molecule has 1 unspecified atom stereocenters. The second kappa shape index (κ2) is 4.01. The van der Waals surface area contributed by atoms with Crippen molar-refractivity contribution in [2.75, 3.05) is 11.4 Å². The van der Waals surface area contributed by atoms with Gasteiger partial charge in [0.2, 0.25) is 0 Å². The van der Waals surface area contributed by atoms with Crippen molar-refractivity contribution in [2.24, 2.45) is 0 Å². The number of hydrogen-bond donors (Lipinski definition) is 2. The Bertz CT molecular complexity index is 555. The molecular formula is C10H12N2O4S. The zero-order chi connectivity index (χ0) is 12.6. The third kappa shape index (κ3) is 1.87. The minimum atomic E-state index is -3.80. The molecule has 2 N–H and O–H groups in total. The Kier molecular flexibility index (Phi) is 2.80. The molecule has 17 heavy (non-hydrogen) atoms. The fourth-order valence-corrected chi connectivity index (χ4v) is 3.07. The van der Waals surface area contributed by atoms with Gasteiger partial charge in [-0.2, -0.15) is 8.42 Å². The summed E-state index contributed by atoms with van der Waals surface area (Å²) in [5, 5.41) is 9.08. The van der Waals surface area contributed by atoms with Crippen LogP contribution >= 0.6 is 0 Å². The van der Waals surface area contributed by atoms with Gasteiger partial charge in [-0.1, -0.05) is 18.2 Å². The molecule has 0 amide bonds. The summed E-state index contributed by atoms with van der Waals surface area (Å²) >= 11 is 0. The highest BCUT2D eigenvalue weighted by Gasteiger charge is 2.40. The first-order valence-electron chi connectivity index (χ1n) is 5.01. The topological polar surface area (TPSA) is 86.7 Å². The van der Waals surface area contributed by atoms with Crippen molar-refractivity contribution in [3.8, 4) is 0 Å². The van der Waals surface area contributed by atoms with Crippen LogP contribution in [0.25, 0.3) is 0 Å². The zero-order valence-electron chi connectivity index (χ0n) is 9.12. The predicted molar refractivity (Wildman–Crippen MR) is 62.0 cm³/mol. The van der Waals surface area contributed by atoms with E-state index in [0.717, 1.165) is 9.87 Å². The van der Waals surface area contributed by atoms with E-state index in [1.54, 1.807) is 24.3 Å². The summed E-state index contributed by atoms with van der Waals surface area (Å²) in [5.41, 5.74) is 1.15. The molecule has 1 aromatic carbocycles. The van der Waals surface area contributed by atoms with Crippen molar-refractivity contribution in [3.05, 3.63) is 29.8 Å². The van der Waals surface area contributed by atoms with Crippen molar-refractivity contribution in [1.82, 2.24) is 4.72 Å². The van der Waals surface area contributed by atoms with Crippen LogP contribution in [0, 0.1) is 0 Å². The summed E-state index contributed by atoms with van der Waals surface area (Å²) in [6.07, 6.45) is 0.187. The highest BCUT2D eigenvalue weighted by Crippen LogP contribution is 2.33. The van der Waals surface area contributed by atoms with Gasteiger partial charge in [0.1, 0.15) is 6.04 Å². The predicted octanol–water partition coefficient (Wildman–Crippen LogP) is -0.0335. The Hall–Kier alpha value is -1.60. The van der Waals surface area contributed by atoms with Crippen molar-refractivity contribution in [1.29, 1.82) is 0 Å². The first-order valence-corrected chi connectivity index (χ1v) is 6.45. The number of hydrogen-bond acceptors (Lipinski definition) is 3. The normalized spacial score (nSPS) is 19.1. The maximum absolute atomic E-state index is 11.8. The van der Waals surface area contributed by atoms with Crippen molar-refractivity contribution in [2.45, 2.75) is 12.5 Å². The molecule has 6 nitrogen and oxygen atoms in total. The second-order valence-corrected chi connectivity index (χ2v) is 5.44. The van der Waals surface area contributed by atoms with Gasteiger partial charge in [0.15, 0.2) is 0 Å². The van der Waals surface area contributed by atoms with Crippen molar-refractivity contribution < 1.29 is 18.3 Å². The fourth-order valence-electron chi connectivity index (χ4n) is 1.94.